The standard InChI is InChI=1S/C14H12IN/c1-9-4-6-13-12(7-9)11-5-3-10(2)8-14(11)16(13)15/h3-8H,1-2H3. The summed E-state index contributed by atoms with van der Waals surface area (Å²) in [7, 11) is 0. The molecule has 80 valence electrons. The van der Waals surface area contributed by atoms with Crippen molar-refractivity contribution in [2.24, 2.45) is 0 Å². The van der Waals surface area contributed by atoms with Gasteiger partial charge >= 0.3 is 0 Å². The lowest BCUT2D eigenvalue weighted by molar-refractivity contribution is 1.44. The molecule has 0 saturated heterocycles. The summed E-state index contributed by atoms with van der Waals surface area (Å²) in [6.07, 6.45) is 0. The van der Waals surface area contributed by atoms with Crippen LogP contribution in [0.3, 0.4) is 0 Å². The molecule has 1 aromatic heterocycles. The minimum Gasteiger partial charge on any atom is -0.282 e. The first-order valence-corrected chi connectivity index (χ1v) is 6.31. The maximum absolute atomic E-state index is 2.38. The Hall–Kier alpha value is -1.03. The second kappa shape index (κ2) is 3.48. The second-order valence-corrected chi connectivity index (χ2v) is 5.29. The Balaban J connectivity index is 2.59. The number of aryl methyl sites for hydroxylation is 2. The zero-order valence-corrected chi connectivity index (χ0v) is 11.4. The average molecular weight is 321 g/mol. The van der Waals surface area contributed by atoms with Gasteiger partial charge in [0.1, 0.15) is 0 Å². The third-order valence-corrected chi connectivity index (χ3v) is 4.06. The zero-order valence-electron chi connectivity index (χ0n) is 9.29. The fourth-order valence-electron chi connectivity index (χ4n) is 2.20. The van der Waals surface area contributed by atoms with Crippen LogP contribution < -0.4 is 0 Å². The molecule has 0 bridgehead atoms. The summed E-state index contributed by atoms with van der Waals surface area (Å²) in [5, 5.41) is 2.70. The molecule has 3 aromatic rings. The van der Waals surface area contributed by atoms with Gasteiger partial charge in [-0.2, -0.15) is 0 Å². The molecule has 0 atom stereocenters. The third-order valence-electron chi connectivity index (χ3n) is 3.02. The number of hydrogen-bond donors (Lipinski definition) is 0. The number of halogens is 1. The smallest absolute Gasteiger partial charge is 0.0646 e. The molecule has 1 heterocycles. The van der Waals surface area contributed by atoms with Crippen molar-refractivity contribution in [2.45, 2.75) is 13.8 Å². The van der Waals surface area contributed by atoms with E-state index >= 15 is 0 Å². The molecule has 0 spiro atoms. The molecule has 0 aliphatic rings. The minimum atomic E-state index is 1.30. The molecule has 0 unspecified atom stereocenters. The third kappa shape index (κ3) is 1.36. The van der Waals surface area contributed by atoms with Gasteiger partial charge in [0.05, 0.1) is 33.9 Å². The fourth-order valence-corrected chi connectivity index (χ4v) is 3.02. The van der Waals surface area contributed by atoms with Crippen molar-refractivity contribution in [3.05, 3.63) is 47.5 Å². The van der Waals surface area contributed by atoms with E-state index in [2.05, 4.69) is 75.9 Å². The van der Waals surface area contributed by atoms with Crippen molar-refractivity contribution < 1.29 is 0 Å². The van der Waals surface area contributed by atoms with E-state index in [0.29, 0.717) is 0 Å². The van der Waals surface area contributed by atoms with Crippen LogP contribution in [0.1, 0.15) is 11.1 Å². The van der Waals surface area contributed by atoms with E-state index in [4.69, 9.17) is 0 Å². The number of nitrogens with zero attached hydrogens (tertiary/aromatic N) is 1. The summed E-state index contributed by atoms with van der Waals surface area (Å²) in [6, 6.07) is 13.3. The van der Waals surface area contributed by atoms with E-state index in [1.807, 2.05) is 0 Å². The summed E-state index contributed by atoms with van der Waals surface area (Å²) in [5.74, 6) is 0. The first-order chi connectivity index (χ1) is 7.66. The van der Waals surface area contributed by atoms with Gasteiger partial charge in [-0.15, -0.1) is 0 Å². The van der Waals surface area contributed by atoms with Gasteiger partial charge in [-0.25, -0.2) is 0 Å². The van der Waals surface area contributed by atoms with Gasteiger partial charge in [0, 0.05) is 10.8 Å². The topological polar surface area (TPSA) is 4.93 Å². The largest absolute Gasteiger partial charge is 0.282 e. The summed E-state index contributed by atoms with van der Waals surface area (Å²) in [5.41, 5.74) is 5.23. The number of fused-ring (bicyclic) bond motifs is 3. The van der Waals surface area contributed by atoms with E-state index in [9.17, 15) is 0 Å². The van der Waals surface area contributed by atoms with Crippen LogP contribution in [0.5, 0.6) is 0 Å². The van der Waals surface area contributed by atoms with Gasteiger partial charge in [-0.05, 0) is 37.6 Å². The Labute approximate surface area is 109 Å². The van der Waals surface area contributed by atoms with E-state index in [0.717, 1.165) is 0 Å². The van der Waals surface area contributed by atoms with Crippen LogP contribution in [0.2, 0.25) is 0 Å². The van der Waals surface area contributed by atoms with E-state index < -0.39 is 0 Å². The minimum absolute atomic E-state index is 1.30. The number of benzene rings is 2. The molecule has 1 nitrogen and oxygen atoms in total. The first kappa shape index (κ1) is 10.1. The molecule has 2 heteroatoms. The fraction of sp³-hybridized carbons (Fsp3) is 0.143. The highest BCUT2D eigenvalue weighted by molar-refractivity contribution is 14.1. The molecule has 16 heavy (non-hydrogen) atoms. The van der Waals surface area contributed by atoms with Crippen LogP contribution in [-0.4, -0.2) is 2.78 Å². The van der Waals surface area contributed by atoms with Crippen molar-refractivity contribution in [3.63, 3.8) is 0 Å². The first-order valence-electron chi connectivity index (χ1n) is 5.34. The van der Waals surface area contributed by atoms with Gasteiger partial charge in [0.2, 0.25) is 0 Å². The van der Waals surface area contributed by atoms with E-state index in [-0.39, 0.29) is 0 Å². The number of aromatic nitrogens is 1. The van der Waals surface area contributed by atoms with Crippen LogP contribution in [0.25, 0.3) is 21.8 Å². The Morgan fingerprint density at radius 2 is 1.50 bits per heavy atom. The average Bonchev–Trinajstić information content (AvgIpc) is 2.52. The Morgan fingerprint density at radius 1 is 0.812 bits per heavy atom. The highest BCUT2D eigenvalue weighted by Crippen LogP contribution is 2.31. The molecule has 0 fully saturated rings. The van der Waals surface area contributed by atoms with E-state index in [1.165, 1.54) is 32.9 Å². The van der Waals surface area contributed by atoms with Crippen molar-refractivity contribution in [2.75, 3.05) is 0 Å². The Morgan fingerprint density at radius 3 is 2.31 bits per heavy atom. The molecule has 0 saturated carbocycles. The lowest BCUT2D eigenvalue weighted by Crippen LogP contribution is -1.78. The quantitative estimate of drug-likeness (QED) is 0.533. The normalized spacial score (nSPS) is 11.4. The molecule has 0 aliphatic carbocycles. The van der Waals surface area contributed by atoms with Crippen LogP contribution in [0.4, 0.5) is 0 Å². The molecule has 3 rings (SSSR count). The molecule has 2 aromatic carbocycles. The molecule has 0 radical (unpaired) electrons. The number of hydrogen-bond acceptors (Lipinski definition) is 0. The summed E-state index contributed by atoms with van der Waals surface area (Å²) >= 11 is 2.38. The predicted molar refractivity (Wildman–Crippen MR) is 78.3 cm³/mol. The lowest BCUT2D eigenvalue weighted by Gasteiger charge is -1.96. The maximum Gasteiger partial charge on any atom is 0.0646 e. The molecule has 0 N–H and O–H groups in total. The van der Waals surface area contributed by atoms with Gasteiger partial charge < -0.3 is 0 Å². The lowest BCUT2D eigenvalue weighted by atomic mass is 10.1. The van der Waals surface area contributed by atoms with Crippen molar-refractivity contribution in [1.29, 1.82) is 0 Å². The molecule has 0 amide bonds. The monoisotopic (exact) mass is 321 g/mol. The van der Waals surface area contributed by atoms with Crippen LogP contribution >= 0.6 is 22.9 Å². The predicted octanol–water partition coefficient (Wildman–Crippen LogP) is 4.61. The summed E-state index contributed by atoms with van der Waals surface area (Å²) in [6.45, 7) is 4.28. The van der Waals surface area contributed by atoms with Gasteiger partial charge in [-0.1, -0.05) is 23.8 Å². The maximum atomic E-state index is 2.38. The second-order valence-electron chi connectivity index (χ2n) is 4.32. The van der Waals surface area contributed by atoms with Gasteiger partial charge in [0.25, 0.3) is 0 Å². The van der Waals surface area contributed by atoms with Crippen LogP contribution in [-0.2, 0) is 0 Å². The molecule has 0 aliphatic heterocycles. The molecular weight excluding hydrogens is 309 g/mol. The SMILES string of the molecule is Cc1ccc2c(c1)c1ccc(C)cc1n2I. The Kier molecular flexibility index (Phi) is 2.21. The van der Waals surface area contributed by atoms with Gasteiger partial charge in [0.15, 0.2) is 0 Å². The Bertz CT molecular complexity index is 695. The van der Waals surface area contributed by atoms with Crippen molar-refractivity contribution >= 4 is 44.7 Å². The zero-order chi connectivity index (χ0) is 11.3. The molecular formula is C14H12IN. The highest BCUT2D eigenvalue weighted by atomic mass is 127. The van der Waals surface area contributed by atoms with Crippen molar-refractivity contribution in [3.8, 4) is 0 Å². The highest BCUT2D eigenvalue weighted by Gasteiger charge is 2.08. The van der Waals surface area contributed by atoms with Crippen LogP contribution in [0, 0.1) is 13.8 Å². The number of rotatable bonds is 0. The summed E-state index contributed by atoms with van der Waals surface area (Å²) in [4.78, 5) is 0. The van der Waals surface area contributed by atoms with Crippen LogP contribution in [0.15, 0.2) is 36.4 Å². The summed E-state index contributed by atoms with van der Waals surface area (Å²) < 4.78 is 2.24. The van der Waals surface area contributed by atoms with Gasteiger partial charge in [-0.3, -0.25) is 2.78 Å². The van der Waals surface area contributed by atoms with E-state index in [1.54, 1.807) is 0 Å². The van der Waals surface area contributed by atoms with Crippen molar-refractivity contribution in [1.82, 2.24) is 2.78 Å².